The molecule has 3 N–H and O–H groups in total. The maximum absolute atomic E-state index is 12.8. The van der Waals surface area contributed by atoms with E-state index >= 15 is 0 Å². The monoisotopic (exact) mass is 434 g/mol. The standard InChI is InChI=1S/C24H38N2O5/c1-15(23(29)25-14-17-6-5-12-31-17)18-7-10-24(3)11-8-19(16(2)21(24)22(18)28)26-20(27)9-13-30-4/h5-6,12,15-16,18-19,21-22,28H,7-11,13-14H2,1-4H3,(H,25,29)(H,26,27)/t15-,16+,18?,19-,21+,22-,24-/m0/s1. The second-order valence-electron chi connectivity index (χ2n) is 9.77. The minimum absolute atomic E-state index is 0.00479. The summed E-state index contributed by atoms with van der Waals surface area (Å²) in [6, 6.07) is 3.67. The lowest BCUT2D eigenvalue weighted by Gasteiger charge is -2.56. The van der Waals surface area contributed by atoms with Crippen molar-refractivity contribution in [3.8, 4) is 0 Å². The maximum atomic E-state index is 12.8. The zero-order valence-electron chi connectivity index (χ0n) is 19.2. The normalized spacial score (nSPS) is 33.9. The van der Waals surface area contributed by atoms with Crippen molar-refractivity contribution in [2.45, 2.75) is 71.6 Å². The van der Waals surface area contributed by atoms with Gasteiger partial charge in [0.25, 0.3) is 0 Å². The fraction of sp³-hybridized carbons (Fsp3) is 0.750. The molecule has 2 amide bonds. The Kier molecular flexibility index (Phi) is 7.81. The summed E-state index contributed by atoms with van der Waals surface area (Å²) in [7, 11) is 1.59. The van der Waals surface area contributed by atoms with Crippen LogP contribution in [0, 0.1) is 29.1 Å². The van der Waals surface area contributed by atoms with Gasteiger partial charge in [-0.1, -0.05) is 20.8 Å². The Bertz CT molecular complexity index is 736. The third-order valence-corrected chi connectivity index (χ3v) is 7.84. The van der Waals surface area contributed by atoms with E-state index < -0.39 is 6.10 Å². The Hall–Kier alpha value is -1.86. The minimum Gasteiger partial charge on any atom is -0.467 e. The molecule has 1 aromatic heterocycles. The summed E-state index contributed by atoms with van der Waals surface area (Å²) in [6.07, 6.45) is 5.08. The molecule has 7 heteroatoms. The van der Waals surface area contributed by atoms with Crippen molar-refractivity contribution in [3.63, 3.8) is 0 Å². The van der Waals surface area contributed by atoms with E-state index in [4.69, 9.17) is 9.15 Å². The first-order chi connectivity index (χ1) is 14.8. The Labute approximate surface area is 185 Å². The average Bonchev–Trinajstić information content (AvgIpc) is 3.26. The number of amides is 2. The van der Waals surface area contributed by atoms with Crippen LogP contribution in [0.25, 0.3) is 0 Å². The van der Waals surface area contributed by atoms with E-state index in [2.05, 4.69) is 24.5 Å². The van der Waals surface area contributed by atoms with Gasteiger partial charge in [-0.25, -0.2) is 0 Å². The summed E-state index contributed by atoms with van der Waals surface area (Å²) in [5, 5.41) is 17.5. The topological polar surface area (TPSA) is 101 Å². The molecular formula is C24H38N2O5. The Balaban J connectivity index is 1.64. The zero-order valence-corrected chi connectivity index (χ0v) is 19.2. The molecule has 2 fully saturated rings. The molecular weight excluding hydrogens is 396 g/mol. The molecule has 0 radical (unpaired) electrons. The van der Waals surface area contributed by atoms with Crippen LogP contribution in [0.15, 0.2) is 22.8 Å². The number of aliphatic hydroxyl groups is 1. The molecule has 3 rings (SSSR count). The molecule has 7 atom stereocenters. The molecule has 0 saturated heterocycles. The number of hydrogen-bond donors (Lipinski definition) is 3. The van der Waals surface area contributed by atoms with Gasteiger partial charge >= 0.3 is 0 Å². The van der Waals surface area contributed by atoms with Crippen LogP contribution in [0.2, 0.25) is 0 Å². The van der Waals surface area contributed by atoms with Crippen molar-refractivity contribution in [1.29, 1.82) is 0 Å². The molecule has 31 heavy (non-hydrogen) atoms. The fourth-order valence-corrected chi connectivity index (χ4v) is 5.91. The Morgan fingerprint density at radius 1 is 1.35 bits per heavy atom. The fourth-order valence-electron chi connectivity index (χ4n) is 5.91. The van der Waals surface area contributed by atoms with E-state index in [1.165, 1.54) is 0 Å². The van der Waals surface area contributed by atoms with E-state index in [9.17, 15) is 14.7 Å². The maximum Gasteiger partial charge on any atom is 0.223 e. The Morgan fingerprint density at radius 2 is 2.10 bits per heavy atom. The van der Waals surface area contributed by atoms with Crippen LogP contribution in [-0.2, 0) is 20.9 Å². The summed E-state index contributed by atoms with van der Waals surface area (Å²) in [5.74, 6) is 0.449. The van der Waals surface area contributed by atoms with Gasteiger partial charge in [-0.15, -0.1) is 0 Å². The number of rotatable bonds is 8. The highest BCUT2D eigenvalue weighted by Crippen LogP contribution is 2.55. The van der Waals surface area contributed by atoms with Crippen LogP contribution in [0.1, 0.15) is 58.6 Å². The van der Waals surface area contributed by atoms with E-state index in [0.717, 1.165) is 25.7 Å². The molecule has 1 aromatic rings. The number of aliphatic hydroxyl groups excluding tert-OH is 1. The van der Waals surface area contributed by atoms with Crippen molar-refractivity contribution < 1.29 is 23.8 Å². The van der Waals surface area contributed by atoms with E-state index in [1.807, 2.05) is 13.0 Å². The first-order valence-corrected chi connectivity index (χ1v) is 11.5. The second kappa shape index (κ2) is 10.2. The van der Waals surface area contributed by atoms with Gasteiger partial charge in [0, 0.05) is 25.5 Å². The van der Waals surface area contributed by atoms with Crippen LogP contribution in [0.3, 0.4) is 0 Å². The first kappa shape index (κ1) is 23.8. The highest BCUT2D eigenvalue weighted by molar-refractivity contribution is 5.78. The lowest BCUT2D eigenvalue weighted by molar-refractivity contribution is -0.144. The zero-order chi connectivity index (χ0) is 22.6. The van der Waals surface area contributed by atoms with Gasteiger partial charge in [-0.2, -0.15) is 0 Å². The summed E-state index contributed by atoms with van der Waals surface area (Å²) >= 11 is 0. The van der Waals surface area contributed by atoms with E-state index in [0.29, 0.717) is 25.3 Å². The lowest BCUT2D eigenvalue weighted by Crippen LogP contribution is -2.58. The minimum atomic E-state index is -0.572. The second-order valence-corrected chi connectivity index (χ2v) is 9.77. The Morgan fingerprint density at radius 3 is 2.77 bits per heavy atom. The third kappa shape index (κ3) is 5.32. The van der Waals surface area contributed by atoms with Gasteiger partial charge in [0.1, 0.15) is 5.76 Å². The van der Waals surface area contributed by atoms with Crippen LogP contribution in [0.5, 0.6) is 0 Å². The van der Waals surface area contributed by atoms with Gasteiger partial charge < -0.3 is 24.9 Å². The largest absolute Gasteiger partial charge is 0.467 e. The molecule has 0 spiro atoms. The summed E-state index contributed by atoms with van der Waals surface area (Å²) in [6.45, 7) is 7.07. The SMILES string of the molecule is COCCC(=O)N[C@H]1CC[C@]2(C)CCC([C@H](C)C(=O)NCc3ccco3)[C@H](O)[C@H]2[C@@H]1C. The number of carbonyl (C=O) groups is 2. The molecule has 0 aromatic carbocycles. The van der Waals surface area contributed by atoms with Gasteiger partial charge in [0.15, 0.2) is 0 Å². The third-order valence-electron chi connectivity index (χ3n) is 7.84. The highest BCUT2D eigenvalue weighted by Gasteiger charge is 2.53. The molecule has 0 aliphatic heterocycles. The van der Waals surface area contributed by atoms with E-state index in [-0.39, 0.29) is 46.9 Å². The summed E-state index contributed by atoms with van der Waals surface area (Å²) in [5.41, 5.74) is 0.0352. The molecule has 2 aliphatic carbocycles. The van der Waals surface area contributed by atoms with Crippen LogP contribution in [0.4, 0.5) is 0 Å². The number of ether oxygens (including phenoxy) is 1. The smallest absolute Gasteiger partial charge is 0.223 e. The number of furan rings is 1. The van der Waals surface area contributed by atoms with Gasteiger partial charge in [-0.05, 0) is 61.0 Å². The molecule has 2 saturated carbocycles. The summed E-state index contributed by atoms with van der Waals surface area (Å²) < 4.78 is 10.3. The van der Waals surface area contributed by atoms with Crippen molar-refractivity contribution in [2.75, 3.05) is 13.7 Å². The van der Waals surface area contributed by atoms with Crippen LogP contribution < -0.4 is 10.6 Å². The van der Waals surface area contributed by atoms with E-state index in [1.54, 1.807) is 19.4 Å². The quantitative estimate of drug-likeness (QED) is 0.584. The molecule has 2 aliphatic rings. The number of fused-ring (bicyclic) bond motifs is 1. The number of nitrogens with one attached hydrogen (secondary N) is 2. The van der Waals surface area contributed by atoms with Crippen LogP contribution in [-0.4, -0.2) is 42.8 Å². The molecule has 1 heterocycles. The lowest BCUT2D eigenvalue weighted by atomic mass is 9.51. The highest BCUT2D eigenvalue weighted by atomic mass is 16.5. The summed E-state index contributed by atoms with van der Waals surface area (Å²) in [4.78, 5) is 25.0. The molecule has 7 nitrogen and oxygen atoms in total. The first-order valence-electron chi connectivity index (χ1n) is 11.5. The molecule has 174 valence electrons. The van der Waals surface area contributed by atoms with Crippen molar-refractivity contribution >= 4 is 11.8 Å². The van der Waals surface area contributed by atoms with Crippen LogP contribution >= 0.6 is 0 Å². The predicted octanol–water partition coefficient (Wildman–Crippen LogP) is 2.88. The molecule has 0 bridgehead atoms. The van der Waals surface area contributed by atoms with Crippen molar-refractivity contribution in [3.05, 3.63) is 24.2 Å². The van der Waals surface area contributed by atoms with Crippen molar-refractivity contribution in [2.24, 2.45) is 29.1 Å². The van der Waals surface area contributed by atoms with Gasteiger partial charge in [-0.3, -0.25) is 9.59 Å². The number of hydrogen-bond acceptors (Lipinski definition) is 5. The number of carbonyl (C=O) groups excluding carboxylic acids is 2. The van der Waals surface area contributed by atoms with Gasteiger partial charge in [0.2, 0.25) is 11.8 Å². The number of methoxy groups -OCH3 is 1. The van der Waals surface area contributed by atoms with Crippen molar-refractivity contribution in [1.82, 2.24) is 10.6 Å². The van der Waals surface area contributed by atoms with Gasteiger partial charge in [0.05, 0.1) is 25.5 Å². The predicted molar refractivity (Wildman–Crippen MR) is 117 cm³/mol. The average molecular weight is 435 g/mol. The molecule has 1 unspecified atom stereocenters.